The highest BCUT2D eigenvalue weighted by molar-refractivity contribution is 5.96. The van der Waals surface area contributed by atoms with Gasteiger partial charge in [0, 0.05) is 35.9 Å². The molecule has 5 rings (SSSR count). The molecule has 2 bridgehead atoms. The molecule has 2 saturated heterocycles. The lowest BCUT2D eigenvalue weighted by Crippen LogP contribution is -2.51. The lowest BCUT2D eigenvalue weighted by Gasteiger charge is -2.43. The van der Waals surface area contributed by atoms with Crippen molar-refractivity contribution in [3.8, 4) is 0 Å². The summed E-state index contributed by atoms with van der Waals surface area (Å²) in [5.74, 6) is 0.954. The fourth-order valence-electron chi connectivity index (χ4n) is 6.84. The van der Waals surface area contributed by atoms with Crippen LogP contribution in [0.15, 0.2) is 48.5 Å². The number of carbonyl (C=O) groups is 2. The van der Waals surface area contributed by atoms with E-state index in [1.807, 2.05) is 18.2 Å². The second kappa shape index (κ2) is 11.1. The molecule has 0 aromatic heterocycles. The standard InChI is InChI=1S/C30H38FN3O2/c1-20(35)23-6-4-7-26(18-23)32-30(36)33-29-8-3-2-5-24(29)19-34-27-13-14-28(34)17-22(16-27)15-21-9-11-25(31)12-10-21/h4,6-7,9-12,18,22,24,27-29H,2-3,5,8,13-17,19H2,1H3,(H2,32,33,36)/t22?,24-,27?,28?,29+/m0/s1. The molecule has 4 atom stereocenters. The van der Waals surface area contributed by atoms with Crippen molar-refractivity contribution >= 4 is 17.5 Å². The third kappa shape index (κ3) is 5.97. The van der Waals surface area contributed by atoms with E-state index in [2.05, 4.69) is 15.5 Å². The molecular weight excluding hydrogens is 453 g/mol. The Kier molecular flexibility index (Phi) is 7.70. The molecule has 6 heteroatoms. The highest BCUT2D eigenvalue weighted by Crippen LogP contribution is 2.41. The van der Waals surface area contributed by atoms with Gasteiger partial charge in [0.1, 0.15) is 5.82 Å². The minimum Gasteiger partial charge on any atom is -0.335 e. The van der Waals surface area contributed by atoms with Crippen LogP contribution >= 0.6 is 0 Å². The van der Waals surface area contributed by atoms with Gasteiger partial charge in [-0.05, 0) is 93.5 Å². The number of fused-ring (bicyclic) bond motifs is 2. The molecule has 0 radical (unpaired) electrons. The number of urea groups is 1. The van der Waals surface area contributed by atoms with Crippen molar-refractivity contribution in [1.29, 1.82) is 0 Å². The number of hydrogen-bond acceptors (Lipinski definition) is 3. The number of hydrogen-bond donors (Lipinski definition) is 2. The van der Waals surface area contributed by atoms with Crippen LogP contribution in [0.4, 0.5) is 14.9 Å². The second-order valence-corrected chi connectivity index (χ2v) is 11.1. The summed E-state index contributed by atoms with van der Waals surface area (Å²) in [5, 5.41) is 6.19. The fourth-order valence-corrected chi connectivity index (χ4v) is 6.84. The van der Waals surface area contributed by atoms with Gasteiger partial charge in [0.15, 0.2) is 5.78 Å². The number of Topliss-reactive ketones (excluding diaryl/α,β-unsaturated/α-hetero) is 1. The van der Waals surface area contributed by atoms with Crippen LogP contribution in [0, 0.1) is 17.7 Å². The maximum absolute atomic E-state index is 13.3. The molecule has 1 aliphatic carbocycles. The summed E-state index contributed by atoms with van der Waals surface area (Å²) in [7, 11) is 0. The van der Waals surface area contributed by atoms with Crippen LogP contribution in [0.5, 0.6) is 0 Å². The molecular formula is C30H38FN3O2. The van der Waals surface area contributed by atoms with Crippen LogP contribution in [-0.2, 0) is 6.42 Å². The first-order valence-corrected chi connectivity index (χ1v) is 13.6. The van der Waals surface area contributed by atoms with Crippen molar-refractivity contribution in [2.75, 3.05) is 11.9 Å². The minimum atomic E-state index is -0.186. The van der Waals surface area contributed by atoms with E-state index in [0.717, 1.165) is 32.2 Å². The highest BCUT2D eigenvalue weighted by Gasteiger charge is 2.42. The molecule has 2 heterocycles. The van der Waals surface area contributed by atoms with Crippen molar-refractivity contribution < 1.29 is 14.0 Å². The quantitative estimate of drug-likeness (QED) is 0.454. The maximum Gasteiger partial charge on any atom is 0.319 e. The minimum absolute atomic E-state index is 0.0116. The molecule has 2 aromatic carbocycles. The molecule has 1 saturated carbocycles. The summed E-state index contributed by atoms with van der Waals surface area (Å²) in [4.78, 5) is 27.3. The van der Waals surface area contributed by atoms with E-state index in [1.54, 1.807) is 30.3 Å². The van der Waals surface area contributed by atoms with Crippen molar-refractivity contribution in [2.45, 2.75) is 82.8 Å². The zero-order chi connectivity index (χ0) is 25.1. The molecule has 36 heavy (non-hydrogen) atoms. The molecule has 2 unspecified atom stereocenters. The number of ketones is 1. The summed E-state index contributed by atoms with van der Waals surface area (Å²) in [5.41, 5.74) is 2.49. The molecule has 0 spiro atoms. The summed E-state index contributed by atoms with van der Waals surface area (Å²) in [6.07, 6.45) is 10.5. The van der Waals surface area contributed by atoms with Gasteiger partial charge in [0.2, 0.25) is 0 Å². The molecule has 2 amide bonds. The molecule has 2 aromatic rings. The summed E-state index contributed by atoms with van der Waals surface area (Å²) >= 11 is 0. The van der Waals surface area contributed by atoms with Crippen LogP contribution in [0.25, 0.3) is 0 Å². The first kappa shape index (κ1) is 24.9. The first-order chi connectivity index (χ1) is 17.4. The van der Waals surface area contributed by atoms with Crippen molar-refractivity contribution in [3.63, 3.8) is 0 Å². The smallest absolute Gasteiger partial charge is 0.319 e. The molecule has 192 valence electrons. The van der Waals surface area contributed by atoms with E-state index in [1.165, 1.54) is 44.6 Å². The predicted octanol–water partition coefficient (Wildman–Crippen LogP) is 6.19. The lowest BCUT2D eigenvalue weighted by molar-refractivity contribution is 0.0698. The summed E-state index contributed by atoms with van der Waals surface area (Å²) in [6.45, 7) is 2.59. The number of carbonyl (C=O) groups excluding carboxylic acids is 2. The number of amides is 2. The SMILES string of the molecule is CC(=O)c1cccc(NC(=O)N[C@@H]2CCCC[C@H]2CN2C3CCC2CC(Cc2ccc(F)cc2)C3)c1. The molecule has 3 aliphatic rings. The molecule has 5 nitrogen and oxygen atoms in total. The summed E-state index contributed by atoms with van der Waals surface area (Å²) in [6, 6.07) is 15.4. The van der Waals surface area contributed by atoms with E-state index in [-0.39, 0.29) is 23.7 Å². The second-order valence-electron chi connectivity index (χ2n) is 11.1. The van der Waals surface area contributed by atoms with Crippen LogP contribution < -0.4 is 10.6 Å². The Labute approximate surface area is 213 Å². The van der Waals surface area contributed by atoms with Gasteiger partial charge in [-0.3, -0.25) is 9.69 Å². The van der Waals surface area contributed by atoms with E-state index >= 15 is 0 Å². The molecule has 2 N–H and O–H groups in total. The third-order valence-corrected chi connectivity index (χ3v) is 8.62. The van der Waals surface area contributed by atoms with E-state index in [0.29, 0.717) is 35.2 Å². The Morgan fingerprint density at radius 2 is 1.69 bits per heavy atom. The van der Waals surface area contributed by atoms with E-state index in [4.69, 9.17) is 0 Å². The lowest BCUT2D eigenvalue weighted by atomic mass is 9.81. The van der Waals surface area contributed by atoms with Gasteiger partial charge in [-0.25, -0.2) is 9.18 Å². The van der Waals surface area contributed by atoms with Gasteiger partial charge >= 0.3 is 6.03 Å². The van der Waals surface area contributed by atoms with Gasteiger partial charge < -0.3 is 10.6 Å². The van der Waals surface area contributed by atoms with Crippen LogP contribution in [-0.4, -0.2) is 41.4 Å². The number of nitrogens with one attached hydrogen (secondary N) is 2. The normalized spacial score (nSPS) is 28.0. The largest absolute Gasteiger partial charge is 0.335 e. The van der Waals surface area contributed by atoms with Gasteiger partial charge in [-0.2, -0.15) is 0 Å². The number of anilines is 1. The average Bonchev–Trinajstić information content (AvgIpc) is 3.09. The molecule has 2 aliphatic heterocycles. The van der Waals surface area contributed by atoms with Gasteiger partial charge in [-0.1, -0.05) is 37.1 Å². The van der Waals surface area contributed by atoms with Crippen LogP contribution in [0.1, 0.15) is 74.2 Å². The number of piperidine rings is 1. The topological polar surface area (TPSA) is 61.4 Å². The third-order valence-electron chi connectivity index (χ3n) is 8.62. The van der Waals surface area contributed by atoms with E-state index in [9.17, 15) is 14.0 Å². The Bertz CT molecular complexity index is 1060. The van der Waals surface area contributed by atoms with Crippen LogP contribution in [0.3, 0.4) is 0 Å². The predicted molar refractivity (Wildman–Crippen MR) is 141 cm³/mol. The zero-order valence-electron chi connectivity index (χ0n) is 21.2. The first-order valence-electron chi connectivity index (χ1n) is 13.6. The number of benzene rings is 2. The molecule has 3 fully saturated rings. The van der Waals surface area contributed by atoms with Gasteiger partial charge in [0.05, 0.1) is 0 Å². The number of halogens is 1. The highest BCUT2D eigenvalue weighted by atomic mass is 19.1. The number of nitrogens with zero attached hydrogens (tertiary/aromatic N) is 1. The Morgan fingerprint density at radius 1 is 0.972 bits per heavy atom. The Balaban J connectivity index is 1.17. The Morgan fingerprint density at radius 3 is 2.42 bits per heavy atom. The monoisotopic (exact) mass is 491 g/mol. The average molecular weight is 492 g/mol. The van der Waals surface area contributed by atoms with Crippen LogP contribution in [0.2, 0.25) is 0 Å². The Hall–Kier alpha value is -2.73. The fraction of sp³-hybridized carbons (Fsp3) is 0.533. The van der Waals surface area contributed by atoms with Crippen molar-refractivity contribution in [1.82, 2.24) is 10.2 Å². The maximum atomic E-state index is 13.3. The van der Waals surface area contributed by atoms with Gasteiger partial charge in [-0.15, -0.1) is 0 Å². The van der Waals surface area contributed by atoms with Crippen molar-refractivity contribution in [3.05, 3.63) is 65.5 Å². The van der Waals surface area contributed by atoms with Gasteiger partial charge in [0.25, 0.3) is 0 Å². The summed E-state index contributed by atoms with van der Waals surface area (Å²) < 4.78 is 13.3. The zero-order valence-corrected chi connectivity index (χ0v) is 21.2. The number of rotatable bonds is 7. The van der Waals surface area contributed by atoms with E-state index < -0.39 is 0 Å². The van der Waals surface area contributed by atoms with Crippen molar-refractivity contribution in [2.24, 2.45) is 11.8 Å².